The normalized spacial score (nSPS) is 11.1. The van der Waals surface area contributed by atoms with E-state index < -0.39 is 5.54 Å². The van der Waals surface area contributed by atoms with Crippen molar-refractivity contribution in [3.05, 3.63) is 0 Å². The molecule has 4 nitrogen and oxygen atoms in total. The molecule has 5 heteroatoms. The Balaban J connectivity index is 3.88. The quantitative estimate of drug-likeness (QED) is 0.506. The molecule has 0 spiro atoms. The molecule has 0 saturated heterocycles. The summed E-state index contributed by atoms with van der Waals surface area (Å²) in [7, 11) is 0. The standard InChI is InChI=1S/C9H18N2O2S/c1-4-13-6-5-7(12)11-9(2,3)8(10)14/h4-6H2,1-3H3,(H2,10,14)(H,11,12). The SMILES string of the molecule is CCOCCC(=O)NC(C)(C)C(N)=S. The van der Waals surface area contributed by atoms with E-state index in [9.17, 15) is 4.79 Å². The van der Waals surface area contributed by atoms with Gasteiger partial charge in [-0.3, -0.25) is 4.79 Å². The fraction of sp³-hybridized carbons (Fsp3) is 0.778. The van der Waals surface area contributed by atoms with Crippen LogP contribution >= 0.6 is 12.2 Å². The van der Waals surface area contributed by atoms with Crippen molar-refractivity contribution in [3.8, 4) is 0 Å². The summed E-state index contributed by atoms with van der Waals surface area (Å²) in [5.41, 5.74) is 4.83. The maximum absolute atomic E-state index is 11.3. The average molecular weight is 218 g/mol. The third-order valence-corrected chi connectivity index (χ3v) is 2.26. The Kier molecular flexibility index (Phi) is 5.64. The molecular weight excluding hydrogens is 200 g/mol. The van der Waals surface area contributed by atoms with Crippen molar-refractivity contribution in [2.75, 3.05) is 13.2 Å². The first-order chi connectivity index (χ1) is 6.40. The first kappa shape index (κ1) is 13.3. The molecule has 0 aliphatic carbocycles. The molecule has 0 heterocycles. The molecule has 0 unspecified atom stereocenters. The van der Waals surface area contributed by atoms with Crippen LogP contribution in [0, 0.1) is 0 Å². The lowest BCUT2D eigenvalue weighted by Crippen LogP contribution is -2.52. The molecule has 1 amide bonds. The second-order valence-electron chi connectivity index (χ2n) is 3.48. The summed E-state index contributed by atoms with van der Waals surface area (Å²) in [6.07, 6.45) is 0.333. The summed E-state index contributed by atoms with van der Waals surface area (Å²) in [6, 6.07) is 0. The molecule has 0 rings (SSSR count). The number of thiocarbonyl (C=S) groups is 1. The summed E-state index contributed by atoms with van der Waals surface area (Å²) in [5, 5.41) is 2.73. The highest BCUT2D eigenvalue weighted by molar-refractivity contribution is 7.80. The van der Waals surface area contributed by atoms with E-state index in [-0.39, 0.29) is 10.9 Å². The molecule has 0 fully saturated rings. The first-order valence-electron chi connectivity index (χ1n) is 4.58. The van der Waals surface area contributed by atoms with E-state index >= 15 is 0 Å². The smallest absolute Gasteiger partial charge is 0.223 e. The van der Waals surface area contributed by atoms with Crippen molar-refractivity contribution in [1.29, 1.82) is 0 Å². The number of ether oxygens (including phenoxy) is 1. The molecular formula is C9H18N2O2S. The fourth-order valence-electron chi connectivity index (χ4n) is 0.782. The summed E-state index contributed by atoms with van der Waals surface area (Å²) in [4.78, 5) is 11.6. The number of rotatable bonds is 6. The Morgan fingerprint density at radius 1 is 1.57 bits per heavy atom. The predicted molar refractivity (Wildman–Crippen MR) is 60.1 cm³/mol. The minimum Gasteiger partial charge on any atom is -0.391 e. The van der Waals surface area contributed by atoms with E-state index in [2.05, 4.69) is 5.32 Å². The number of nitrogens with two attached hydrogens (primary N) is 1. The van der Waals surface area contributed by atoms with E-state index in [0.717, 1.165) is 0 Å². The topological polar surface area (TPSA) is 64.3 Å². The van der Waals surface area contributed by atoms with Gasteiger partial charge in [0.2, 0.25) is 5.91 Å². The third-order valence-electron chi connectivity index (χ3n) is 1.75. The van der Waals surface area contributed by atoms with Gasteiger partial charge in [0.15, 0.2) is 0 Å². The van der Waals surface area contributed by atoms with Crippen LogP contribution in [0.1, 0.15) is 27.2 Å². The molecule has 82 valence electrons. The van der Waals surface area contributed by atoms with Crippen LogP contribution in [0.15, 0.2) is 0 Å². The lowest BCUT2D eigenvalue weighted by molar-refractivity contribution is -0.123. The monoisotopic (exact) mass is 218 g/mol. The van der Waals surface area contributed by atoms with Gasteiger partial charge < -0.3 is 15.8 Å². The van der Waals surface area contributed by atoms with E-state index in [1.54, 1.807) is 13.8 Å². The van der Waals surface area contributed by atoms with E-state index in [1.807, 2.05) is 6.92 Å². The first-order valence-corrected chi connectivity index (χ1v) is 4.99. The molecule has 0 bridgehead atoms. The van der Waals surface area contributed by atoms with Crippen molar-refractivity contribution in [2.45, 2.75) is 32.7 Å². The Labute approximate surface area is 90.2 Å². The molecule has 0 aromatic rings. The van der Waals surface area contributed by atoms with Crippen LogP contribution < -0.4 is 11.1 Å². The van der Waals surface area contributed by atoms with Crippen molar-refractivity contribution in [3.63, 3.8) is 0 Å². The van der Waals surface area contributed by atoms with Gasteiger partial charge in [0, 0.05) is 13.0 Å². The highest BCUT2D eigenvalue weighted by atomic mass is 32.1. The van der Waals surface area contributed by atoms with E-state index in [4.69, 9.17) is 22.7 Å². The average Bonchev–Trinajstić information content (AvgIpc) is 2.03. The van der Waals surface area contributed by atoms with E-state index in [1.165, 1.54) is 0 Å². The van der Waals surface area contributed by atoms with Gasteiger partial charge in [-0.2, -0.15) is 0 Å². The molecule has 0 aliphatic rings. The number of nitrogens with one attached hydrogen (secondary N) is 1. The van der Waals surface area contributed by atoms with Gasteiger partial charge in [0.05, 0.1) is 17.1 Å². The van der Waals surface area contributed by atoms with Gasteiger partial charge >= 0.3 is 0 Å². The van der Waals surface area contributed by atoms with Crippen LogP contribution in [0.3, 0.4) is 0 Å². The summed E-state index contributed by atoms with van der Waals surface area (Å²) in [5.74, 6) is -0.101. The minimum atomic E-state index is -0.626. The predicted octanol–water partition coefficient (Wildman–Crippen LogP) is 0.594. The number of carbonyl (C=O) groups is 1. The summed E-state index contributed by atoms with van der Waals surface area (Å²) in [6.45, 7) is 6.47. The summed E-state index contributed by atoms with van der Waals surface area (Å²) >= 11 is 4.82. The van der Waals surface area contributed by atoms with Crippen LogP contribution in [-0.2, 0) is 9.53 Å². The molecule has 0 saturated carbocycles. The highest BCUT2D eigenvalue weighted by Crippen LogP contribution is 2.02. The number of carbonyl (C=O) groups excluding carboxylic acids is 1. The summed E-state index contributed by atoms with van der Waals surface area (Å²) < 4.78 is 5.05. The number of amides is 1. The van der Waals surface area contributed by atoms with Gasteiger partial charge in [-0.25, -0.2) is 0 Å². The van der Waals surface area contributed by atoms with Crippen LogP contribution in [0.25, 0.3) is 0 Å². The molecule has 3 N–H and O–H groups in total. The minimum absolute atomic E-state index is 0.101. The molecule has 0 aliphatic heterocycles. The van der Waals surface area contributed by atoms with Crippen LogP contribution in [-0.4, -0.2) is 29.6 Å². The molecule has 0 atom stereocenters. The van der Waals surface area contributed by atoms with Crippen LogP contribution in [0.4, 0.5) is 0 Å². The number of hydrogen-bond donors (Lipinski definition) is 2. The van der Waals surface area contributed by atoms with Gasteiger partial charge in [-0.1, -0.05) is 12.2 Å². The molecule has 14 heavy (non-hydrogen) atoms. The zero-order valence-corrected chi connectivity index (χ0v) is 9.74. The fourth-order valence-corrected chi connectivity index (χ4v) is 0.833. The van der Waals surface area contributed by atoms with Gasteiger partial charge in [-0.05, 0) is 20.8 Å². The van der Waals surface area contributed by atoms with Crippen molar-refractivity contribution < 1.29 is 9.53 Å². The Morgan fingerprint density at radius 2 is 2.14 bits per heavy atom. The van der Waals surface area contributed by atoms with Crippen LogP contribution in [0.2, 0.25) is 0 Å². The Bertz CT molecular complexity index is 217. The molecule has 0 aromatic carbocycles. The van der Waals surface area contributed by atoms with Crippen molar-refractivity contribution in [2.24, 2.45) is 5.73 Å². The largest absolute Gasteiger partial charge is 0.391 e. The van der Waals surface area contributed by atoms with Crippen molar-refractivity contribution in [1.82, 2.24) is 5.32 Å². The van der Waals surface area contributed by atoms with Gasteiger partial charge in [0.25, 0.3) is 0 Å². The second-order valence-corrected chi connectivity index (χ2v) is 3.92. The van der Waals surface area contributed by atoms with E-state index in [0.29, 0.717) is 19.6 Å². The Hall–Kier alpha value is -0.680. The zero-order chi connectivity index (χ0) is 11.2. The number of hydrogen-bond acceptors (Lipinski definition) is 3. The van der Waals surface area contributed by atoms with Gasteiger partial charge in [-0.15, -0.1) is 0 Å². The highest BCUT2D eigenvalue weighted by Gasteiger charge is 2.22. The lowest BCUT2D eigenvalue weighted by Gasteiger charge is -2.24. The van der Waals surface area contributed by atoms with Crippen LogP contribution in [0.5, 0.6) is 0 Å². The third kappa shape index (κ3) is 5.14. The molecule has 0 radical (unpaired) electrons. The molecule has 0 aromatic heterocycles. The lowest BCUT2D eigenvalue weighted by atomic mass is 10.1. The second kappa shape index (κ2) is 5.93. The maximum Gasteiger partial charge on any atom is 0.223 e. The zero-order valence-electron chi connectivity index (χ0n) is 8.92. The Morgan fingerprint density at radius 3 is 2.57 bits per heavy atom. The van der Waals surface area contributed by atoms with Crippen molar-refractivity contribution >= 4 is 23.1 Å². The maximum atomic E-state index is 11.3. The van der Waals surface area contributed by atoms with Gasteiger partial charge in [0.1, 0.15) is 0 Å².